The lowest BCUT2D eigenvalue weighted by molar-refractivity contribution is -0.147. The maximum absolute atomic E-state index is 11.3. The Morgan fingerprint density at radius 1 is 1.41 bits per heavy atom. The SMILES string of the molecule is CCCOc1ccc(CN2CCC(C)(C(=O)O)C2)cc1OC. The van der Waals surface area contributed by atoms with Crippen molar-refractivity contribution in [1.29, 1.82) is 0 Å². The highest BCUT2D eigenvalue weighted by molar-refractivity contribution is 5.74. The van der Waals surface area contributed by atoms with Crippen molar-refractivity contribution in [2.75, 3.05) is 26.8 Å². The van der Waals surface area contributed by atoms with Crippen LogP contribution in [0.4, 0.5) is 0 Å². The van der Waals surface area contributed by atoms with Crippen LogP contribution < -0.4 is 9.47 Å². The Morgan fingerprint density at radius 3 is 2.77 bits per heavy atom. The van der Waals surface area contributed by atoms with Gasteiger partial charge in [0.05, 0.1) is 19.1 Å². The number of carboxylic acids is 1. The van der Waals surface area contributed by atoms with E-state index < -0.39 is 11.4 Å². The minimum atomic E-state index is -0.712. The molecule has 0 spiro atoms. The molecule has 5 nitrogen and oxygen atoms in total. The molecule has 1 heterocycles. The number of hydrogen-bond donors (Lipinski definition) is 1. The minimum absolute atomic E-state index is 0.582. The number of rotatable bonds is 7. The van der Waals surface area contributed by atoms with Crippen molar-refractivity contribution in [2.45, 2.75) is 33.2 Å². The van der Waals surface area contributed by atoms with E-state index in [4.69, 9.17) is 9.47 Å². The second-order valence-corrected chi connectivity index (χ2v) is 6.16. The van der Waals surface area contributed by atoms with E-state index in [-0.39, 0.29) is 0 Å². The van der Waals surface area contributed by atoms with Gasteiger partial charge in [0, 0.05) is 13.1 Å². The predicted molar refractivity (Wildman–Crippen MR) is 84.4 cm³/mol. The molecule has 0 bridgehead atoms. The van der Waals surface area contributed by atoms with Crippen LogP contribution in [0.1, 0.15) is 32.3 Å². The number of benzene rings is 1. The van der Waals surface area contributed by atoms with Gasteiger partial charge in [-0.15, -0.1) is 0 Å². The molecular weight excluding hydrogens is 282 g/mol. The molecule has 1 fully saturated rings. The Kier molecular flexibility index (Phi) is 5.29. The lowest BCUT2D eigenvalue weighted by Gasteiger charge is -2.20. The summed E-state index contributed by atoms with van der Waals surface area (Å²) >= 11 is 0. The van der Waals surface area contributed by atoms with Crippen LogP contribution >= 0.6 is 0 Å². The highest BCUT2D eigenvalue weighted by Gasteiger charge is 2.40. The van der Waals surface area contributed by atoms with E-state index in [1.54, 1.807) is 7.11 Å². The molecule has 0 aromatic heterocycles. The number of carbonyl (C=O) groups is 1. The standard InChI is InChI=1S/C17H25NO4/c1-4-9-22-14-6-5-13(10-15(14)21-3)11-18-8-7-17(2,12-18)16(19)20/h5-6,10H,4,7-9,11-12H2,1-3H3,(H,19,20). The fraction of sp³-hybridized carbons (Fsp3) is 0.588. The molecule has 122 valence electrons. The van der Waals surface area contributed by atoms with Crippen molar-refractivity contribution in [1.82, 2.24) is 4.90 Å². The third kappa shape index (κ3) is 3.71. The van der Waals surface area contributed by atoms with Crippen LogP contribution in [0, 0.1) is 5.41 Å². The molecule has 22 heavy (non-hydrogen) atoms. The molecule has 0 aliphatic carbocycles. The van der Waals surface area contributed by atoms with Gasteiger partial charge in [0.25, 0.3) is 0 Å². The first-order valence-electron chi connectivity index (χ1n) is 7.74. The summed E-state index contributed by atoms with van der Waals surface area (Å²) in [5.74, 6) is 0.770. The number of ether oxygens (including phenoxy) is 2. The zero-order chi connectivity index (χ0) is 16.2. The number of methoxy groups -OCH3 is 1. The summed E-state index contributed by atoms with van der Waals surface area (Å²) in [6, 6.07) is 5.92. The van der Waals surface area contributed by atoms with E-state index >= 15 is 0 Å². The van der Waals surface area contributed by atoms with Gasteiger partial charge in [-0.1, -0.05) is 13.0 Å². The highest BCUT2D eigenvalue weighted by Crippen LogP contribution is 2.33. The fourth-order valence-corrected chi connectivity index (χ4v) is 2.77. The molecule has 0 radical (unpaired) electrons. The van der Waals surface area contributed by atoms with E-state index in [2.05, 4.69) is 11.8 Å². The second kappa shape index (κ2) is 7.01. The topological polar surface area (TPSA) is 59.0 Å². The lowest BCUT2D eigenvalue weighted by Crippen LogP contribution is -2.31. The highest BCUT2D eigenvalue weighted by atomic mass is 16.5. The van der Waals surface area contributed by atoms with Crippen molar-refractivity contribution in [3.8, 4) is 11.5 Å². The number of carboxylic acid groups (broad SMARTS) is 1. The summed E-state index contributed by atoms with van der Waals surface area (Å²) in [6.07, 6.45) is 1.64. The normalized spacial score (nSPS) is 21.8. The number of nitrogens with zero attached hydrogens (tertiary/aromatic N) is 1. The molecule has 1 atom stereocenters. The van der Waals surface area contributed by atoms with Crippen LogP contribution in [0.2, 0.25) is 0 Å². The Morgan fingerprint density at radius 2 is 2.18 bits per heavy atom. The second-order valence-electron chi connectivity index (χ2n) is 6.16. The van der Waals surface area contributed by atoms with E-state index in [0.29, 0.717) is 19.6 Å². The third-order valence-corrected chi connectivity index (χ3v) is 4.16. The smallest absolute Gasteiger partial charge is 0.310 e. The van der Waals surface area contributed by atoms with Gasteiger partial charge in [-0.3, -0.25) is 9.69 Å². The Bertz CT molecular complexity index is 531. The monoisotopic (exact) mass is 307 g/mol. The summed E-state index contributed by atoms with van der Waals surface area (Å²) in [5, 5.41) is 9.29. The maximum Gasteiger partial charge on any atom is 0.310 e. The van der Waals surface area contributed by atoms with Crippen LogP contribution in [0.5, 0.6) is 11.5 Å². The van der Waals surface area contributed by atoms with E-state index in [9.17, 15) is 9.90 Å². The molecule has 5 heteroatoms. The number of likely N-dealkylation sites (tertiary alicyclic amines) is 1. The van der Waals surface area contributed by atoms with Gasteiger partial charge in [0.1, 0.15) is 0 Å². The van der Waals surface area contributed by atoms with Crippen molar-refractivity contribution in [3.05, 3.63) is 23.8 Å². The molecular formula is C17H25NO4. The average molecular weight is 307 g/mol. The summed E-state index contributed by atoms with van der Waals surface area (Å²) in [6.45, 7) is 6.66. The largest absolute Gasteiger partial charge is 0.493 e. The Labute approximate surface area is 131 Å². The Hall–Kier alpha value is -1.75. The van der Waals surface area contributed by atoms with Gasteiger partial charge in [0.15, 0.2) is 11.5 Å². The van der Waals surface area contributed by atoms with Crippen LogP contribution in [-0.2, 0) is 11.3 Å². The van der Waals surface area contributed by atoms with Crippen LogP contribution in [0.15, 0.2) is 18.2 Å². The Balaban J connectivity index is 2.03. The van der Waals surface area contributed by atoms with Crippen molar-refractivity contribution in [3.63, 3.8) is 0 Å². The van der Waals surface area contributed by atoms with Crippen molar-refractivity contribution >= 4 is 5.97 Å². The van der Waals surface area contributed by atoms with Crippen LogP contribution in [0.25, 0.3) is 0 Å². The van der Waals surface area contributed by atoms with E-state index in [0.717, 1.165) is 36.6 Å². The van der Waals surface area contributed by atoms with Gasteiger partial charge < -0.3 is 14.6 Å². The maximum atomic E-state index is 11.3. The first-order chi connectivity index (χ1) is 10.5. The van der Waals surface area contributed by atoms with Gasteiger partial charge in [0.2, 0.25) is 0 Å². The lowest BCUT2D eigenvalue weighted by atomic mass is 9.90. The molecule has 1 aromatic carbocycles. The molecule has 0 saturated carbocycles. The van der Waals surface area contributed by atoms with Crippen molar-refractivity contribution in [2.24, 2.45) is 5.41 Å². The zero-order valence-electron chi connectivity index (χ0n) is 13.6. The molecule has 1 aliphatic heterocycles. The summed E-state index contributed by atoms with van der Waals surface area (Å²) in [4.78, 5) is 13.5. The quantitative estimate of drug-likeness (QED) is 0.839. The summed E-state index contributed by atoms with van der Waals surface area (Å²) in [5.41, 5.74) is 0.476. The van der Waals surface area contributed by atoms with E-state index in [1.165, 1.54) is 0 Å². The predicted octanol–water partition coefficient (Wildman–Crippen LogP) is 2.78. The van der Waals surface area contributed by atoms with Crippen LogP contribution in [0.3, 0.4) is 0 Å². The average Bonchev–Trinajstić information content (AvgIpc) is 2.88. The minimum Gasteiger partial charge on any atom is -0.493 e. The molecule has 1 N–H and O–H groups in total. The van der Waals surface area contributed by atoms with Gasteiger partial charge >= 0.3 is 5.97 Å². The summed E-state index contributed by atoms with van der Waals surface area (Å²) in [7, 11) is 1.63. The molecule has 1 aliphatic rings. The van der Waals surface area contributed by atoms with Crippen LogP contribution in [-0.4, -0.2) is 42.8 Å². The number of aliphatic carboxylic acids is 1. The van der Waals surface area contributed by atoms with Gasteiger partial charge in [-0.25, -0.2) is 0 Å². The van der Waals surface area contributed by atoms with E-state index in [1.807, 2.05) is 25.1 Å². The molecule has 1 aromatic rings. The molecule has 2 rings (SSSR count). The first kappa shape index (κ1) is 16.6. The van der Waals surface area contributed by atoms with Gasteiger partial charge in [-0.05, 0) is 44.0 Å². The number of hydrogen-bond acceptors (Lipinski definition) is 4. The molecule has 1 saturated heterocycles. The first-order valence-corrected chi connectivity index (χ1v) is 7.74. The zero-order valence-corrected chi connectivity index (χ0v) is 13.6. The third-order valence-electron chi connectivity index (χ3n) is 4.16. The van der Waals surface area contributed by atoms with Gasteiger partial charge in [-0.2, -0.15) is 0 Å². The van der Waals surface area contributed by atoms with Crippen molar-refractivity contribution < 1.29 is 19.4 Å². The molecule has 1 unspecified atom stereocenters. The fourth-order valence-electron chi connectivity index (χ4n) is 2.77. The molecule has 0 amide bonds. The summed E-state index contributed by atoms with van der Waals surface area (Å²) < 4.78 is 11.0.